The average molecular weight is 319 g/mol. The fourth-order valence-electron chi connectivity index (χ4n) is 1.36. The molecule has 0 aliphatic rings. The molecule has 0 aliphatic heterocycles. The highest BCUT2D eigenvalue weighted by Crippen LogP contribution is 2.30. The van der Waals surface area contributed by atoms with Gasteiger partial charge in [-0.05, 0) is 39.5 Å². The lowest BCUT2D eigenvalue weighted by atomic mass is 10.1. The Hall–Kier alpha value is -0.420. The van der Waals surface area contributed by atoms with Gasteiger partial charge in [0.1, 0.15) is 0 Å². The molecule has 0 amide bonds. The van der Waals surface area contributed by atoms with E-state index < -0.39 is 6.10 Å². The van der Waals surface area contributed by atoms with Gasteiger partial charge in [0, 0.05) is 22.8 Å². The van der Waals surface area contributed by atoms with Crippen molar-refractivity contribution in [1.29, 1.82) is 0 Å². The Balaban J connectivity index is 2.10. The van der Waals surface area contributed by atoms with Crippen molar-refractivity contribution in [3.63, 3.8) is 0 Å². The quantitative estimate of drug-likeness (QED) is 0.933. The minimum Gasteiger partial charge on any atom is -0.387 e. The zero-order chi connectivity index (χ0) is 11.5. The summed E-state index contributed by atoms with van der Waals surface area (Å²) in [5.74, 6) is 0. The predicted molar refractivity (Wildman–Crippen MR) is 69.9 cm³/mol. The number of halogens is 2. The van der Waals surface area contributed by atoms with Gasteiger partial charge in [-0.2, -0.15) is 0 Å². The van der Waals surface area contributed by atoms with Gasteiger partial charge in [-0.1, -0.05) is 11.6 Å². The molecular weight excluding hydrogens is 310 g/mol. The Labute approximate surface area is 111 Å². The lowest BCUT2D eigenvalue weighted by molar-refractivity contribution is 0.181. The molecule has 0 bridgehead atoms. The van der Waals surface area contributed by atoms with Gasteiger partial charge in [-0.3, -0.25) is 4.98 Å². The molecule has 2 nitrogen and oxygen atoms in total. The Morgan fingerprint density at radius 3 is 2.81 bits per heavy atom. The van der Waals surface area contributed by atoms with Crippen molar-refractivity contribution in [2.45, 2.75) is 12.5 Å². The number of nitrogens with zero attached hydrogens (tertiary/aromatic N) is 1. The van der Waals surface area contributed by atoms with E-state index in [0.29, 0.717) is 11.4 Å². The molecule has 0 saturated heterocycles. The summed E-state index contributed by atoms with van der Waals surface area (Å²) < 4.78 is 0.930. The van der Waals surface area contributed by atoms with Crippen LogP contribution in [0.25, 0.3) is 0 Å². The molecular formula is C11H9BrClNOS. The van der Waals surface area contributed by atoms with Crippen LogP contribution in [0.1, 0.15) is 16.7 Å². The van der Waals surface area contributed by atoms with Crippen LogP contribution in [0.5, 0.6) is 0 Å². The standard InChI is InChI=1S/C11H9BrClNOS/c12-7-1-2-8(14-6-7)5-10(15)11-9(13)3-4-16-11/h1-4,6,10,15H,5H2. The normalized spacial score (nSPS) is 12.7. The van der Waals surface area contributed by atoms with Crippen LogP contribution in [-0.4, -0.2) is 10.1 Å². The summed E-state index contributed by atoms with van der Waals surface area (Å²) in [4.78, 5) is 5.01. The molecule has 2 rings (SSSR count). The van der Waals surface area contributed by atoms with Gasteiger partial charge < -0.3 is 5.11 Å². The molecule has 2 aromatic heterocycles. The molecule has 2 heterocycles. The highest BCUT2D eigenvalue weighted by molar-refractivity contribution is 9.10. The van der Waals surface area contributed by atoms with Gasteiger partial charge in [0.25, 0.3) is 0 Å². The largest absolute Gasteiger partial charge is 0.387 e. The van der Waals surface area contributed by atoms with E-state index in [0.717, 1.165) is 15.0 Å². The maximum atomic E-state index is 9.99. The van der Waals surface area contributed by atoms with Crippen molar-refractivity contribution in [3.8, 4) is 0 Å². The number of thiophene rings is 1. The van der Waals surface area contributed by atoms with Crippen LogP contribution in [0.2, 0.25) is 5.02 Å². The highest BCUT2D eigenvalue weighted by atomic mass is 79.9. The van der Waals surface area contributed by atoms with Crippen LogP contribution in [-0.2, 0) is 6.42 Å². The summed E-state index contributed by atoms with van der Waals surface area (Å²) in [5, 5.41) is 12.5. The molecule has 16 heavy (non-hydrogen) atoms. The van der Waals surface area contributed by atoms with Crippen molar-refractivity contribution in [2.24, 2.45) is 0 Å². The number of rotatable bonds is 3. The summed E-state index contributed by atoms with van der Waals surface area (Å²) in [7, 11) is 0. The van der Waals surface area contributed by atoms with Crippen LogP contribution in [0.4, 0.5) is 0 Å². The average Bonchev–Trinajstić information content (AvgIpc) is 2.68. The van der Waals surface area contributed by atoms with E-state index in [1.165, 1.54) is 11.3 Å². The topological polar surface area (TPSA) is 33.1 Å². The molecule has 0 saturated carbocycles. The molecule has 84 valence electrons. The Morgan fingerprint density at radius 1 is 1.44 bits per heavy atom. The van der Waals surface area contributed by atoms with Crippen molar-refractivity contribution in [2.75, 3.05) is 0 Å². The first kappa shape index (κ1) is 12.0. The molecule has 0 aliphatic carbocycles. The minimum atomic E-state index is -0.582. The third-order valence-electron chi connectivity index (χ3n) is 2.14. The first-order valence-corrected chi connectivity index (χ1v) is 6.73. The maximum Gasteiger partial charge on any atom is 0.0952 e. The monoisotopic (exact) mass is 317 g/mol. The Bertz CT molecular complexity index is 471. The molecule has 0 spiro atoms. The summed E-state index contributed by atoms with van der Waals surface area (Å²) in [5.41, 5.74) is 0.847. The van der Waals surface area contributed by atoms with Gasteiger partial charge >= 0.3 is 0 Å². The summed E-state index contributed by atoms with van der Waals surface area (Å²) >= 11 is 10.7. The predicted octanol–water partition coefficient (Wildman–Crippen LogP) is 3.84. The lowest BCUT2D eigenvalue weighted by Crippen LogP contribution is -2.01. The zero-order valence-corrected chi connectivity index (χ0v) is 11.4. The van der Waals surface area contributed by atoms with Gasteiger partial charge in [-0.25, -0.2) is 0 Å². The first-order valence-electron chi connectivity index (χ1n) is 4.68. The molecule has 0 aromatic carbocycles. The number of aromatic nitrogens is 1. The van der Waals surface area contributed by atoms with E-state index in [1.54, 1.807) is 12.3 Å². The second kappa shape index (κ2) is 5.27. The van der Waals surface area contributed by atoms with Crippen LogP contribution >= 0.6 is 38.9 Å². The van der Waals surface area contributed by atoms with Gasteiger partial charge in [0.15, 0.2) is 0 Å². The van der Waals surface area contributed by atoms with E-state index in [2.05, 4.69) is 20.9 Å². The molecule has 1 unspecified atom stereocenters. The van der Waals surface area contributed by atoms with Crippen molar-refractivity contribution in [1.82, 2.24) is 4.98 Å². The fraction of sp³-hybridized carbons (Fsp3) is 0.182. The van der Waals surface area contributed by atoms with Crippen LogP contribution < -0.4 is 0 Å². The summed E-state index contributed by atoms with van der Waals surface area (Å²) in [6.45, 7) is 0. The smallest absolute Gasteiger partial charge is 0.0952 e. The zero-order valence-electron chi connectivity index (χ0n) is 8.23. The van der Waals surface area contributed by atoms with Crippen LogP contribution in [0.3, 0.4) is 0 Å². The number of hydrogen-bond donors (Lipinski definition) is 1. The molecule has 1 atom stereocenters. The van der Waals surface area contributed by atoms with Crippen molar-refractivity contribution < 1.29 is 5.11 Å². The third-order valence-corrected chi connectivity index (χ3v) is 4.07. The molecule has 1 N–H and O–H groups in total. The molecule has 0 radical (unpaired) electrons. The van der Waals surface area contributed by atoms with E-state index in [4.69, 9.17) is 11.6 Å². The third kappa shape index (κ3) is 2.83. The number of pyridine rings is 1. The van der Waals surface area contributed by atoms with Gasteiger partial charge in [0.2, 0.25) is 0 Å². The number of aliphatic hydroxyl groups excluding tert-OH is 1. The number of hydrogen-bond acceptors (Lipinski definition) is 3. The van der Waals surface area contributed by atoms with E-state index in [-0.39, 0.29) is 0 Å². The highest BCUT2D eigenvalue weighted by Gasteiger charge is 2.14. The second-order valence-corrected chi connectivity index (χ2v) is 5.59. The van der Waals surface area contributed by atoms with E-state index in [1.807, 2.05) is 17.5 Å². The summed E-state index contributed by atoms with van der Waals surface area (Å²) in [6, 6.07) is 5.58. The second-order valence-electron chi connectivity index (χ2n) is 3.32. The lowest BCUT2D eigenvalue weighted by Gasteiger charge is -2.08. The molecule has 2 aromatic rings. The van der Waals surface area contributed by atoms with Crippen LogP contribution in [0.15, 0.2) is 34.2 Å². The van der Waals surface area contributed by atoms with E-state index >= 15 is 0 Å². The SMILES string of the molecule is OC(Cc1ccc(Br)cn1)c1sccc1Cl. The van der Waals surface area contributed by atoms with Crippen molar-refractivity contribution in [3.05, 3.63) is 49.8 Å². The Kier molecular flexibility index (Phi) is 3.97. The van der Waals surface area contributed by atoms with Crippen LogP contribution in [0, 0.1) is 0 Å². The fourth-order valence-corrected chi connectivity index (χ4v) is 2.76. The first-order chi connectivity index (χ1) is 7.66. The van der Waals surface area contributed by atoms with E-state index in [9.17, 15) is 5.11 Å². The van der Waals surface area contributed by atoms with Gasteiger partial charge in [-0.15, -0.1) is 11.3 Å². The maximum absolute atomic E-state index is 9.99. The summed E-state index contributed by atoms with van der Waals surface area (Å²) in [6.07, 6.45) is 1.62. The molecule has 5 heteroatoms. The van der Waals surface area contributed by atoms with Crippen molar-refractivity contribution >= 4 is 38.9 Å². The number of aliphatic hydroxyl groups is 1. The van der Waals surface area contributed by atoms with Gasteiger partial charge in [0.05, 0.1) is 16.0 Å². The minimum absolute atomic E-state index is 0.480. The Morgan fingerprint density at radius 2 is 2.25 bits per heavy atom. The molecule has 0 fully saturated rings.